The van der Waals surface area contributed by atoms with E-state index in [4.69, 9.17) is 10.6 Å². The Kier molecular flexibility index (Phi) is 6.45. The van der Waals surface area contributed by atoms with E-state index in [2.05, 4.69) is 34.7 Å². The number of aromatic nitrogens is 1. The number of carbonyl (C=O) groups excluding carboxylic acids is 3. The van der Waals surface area contributed by atoms with Crippen LogP contribution in [0.25, 0.3) is 0 Å². The quantitative estimate of drug-likeness (QED) is 0.160. The van der Waals surface area contributed by atoms with Gasteiger partial charge in [0, 0.05) is 23.1 Å². The van der Waals surface area contributed by atoms with Crippen LogP contribution in [0.15, 0.2) is 34.0 Å². The summed E-state index contributed by atoms with van der Waals surface area (Å²) in [4.78, 5) is 47.8. The minimum atomic E-state index is -1.38. The number of nitrogen functional groups attached to an aromatic ring is 1. The van der Waals surface area contributed by atoms with Gasteiger partial charge in [-0.1, -0.05) is 11.2 Å². The average molecular weight is 493 g/mol. The van der Waals surface area contributed by atoms with Gasteiger partial charge in [0.2, 0.25) is 0 Å². The fourth-order valence-corrected chi connectivity index (χ4v) is 6.11. The van der Waals surface area contributed by atoms with Crippen LogP contribution in [-0.2, 0) is 19.2 Å². The number of thioether (sulfide) groups is 1. The van der Waals surface area contributed by atoms with Gasteiger partial charge in [-0.05, 0) is 6.08 Å². The number of nitrogens with two attached hydrogens (primary N) is 1. The Morgan fingerprint density at radius 1 is 1.45 bits per heavy atom. The second-order valence-corrected chi connectivity index (χ2v) is 10.2. The number of hydrogen-bond donors (Lipinski definition) is 2. The number of likely N-dealkylation sites (N-methyl/N-ethyl adjacent to an activating group) is 1. The van der Waals surface area contributed by atoms with Crippen LogP contribution in [0.5, 0.6) is 0 Å². The molecule has 1 aromatic heterocycles. The summed E-state index contributed by atoms with van der Waals surface area (Å²) in [7, 11) is 3.36. The number of carboxylic acid groups (broad SMARTS) is 1. The normalized spacial score (nSPS) is 27.2. The number of fused-ring (bicyclic) bond motifs is 1. The van der Waals surface area contributed by atoms with Gasteiger partial charge in [0.1, 0.15) is 30.8 Å². The van der Waals surface area contributed by atoms with Crippen LogP contribution in [0.1, 0.15) is 12.1 Å². The zero-order valence-corrected chi connectivity index (χ0v) is 19.8. The minimum absolute atomic E-state index is 0.0822. The Morgan fingerprint density at radius 3 is 2.85 bits per heavy atom. The van der Waals surface area contributed by atoms with Crippen LogP contribution >= 0.6 is 23.1 Å². The molecule has 11 nitrogen and oxygen atoms in total. The predicted octanol–water partition coefficient (Wildman–Crippen LogP) is -1.11. The monoisotopic (exact) mass is 492 g/mol. The molecule has 0 bridgehead atoms. The van der Waals surface area contributed by atoms with Gasteiger partial charge in [-0.25, -0.2) is 4.98 Å². The van der Waals surface area contributed by atoms with E-state index in [0.29, 0.717) is 22.4 Å². The predicted molar refractivity (Wildman–Crippen MR) is 122 cm³/mol. The smallest absolute Gasteiger partial charge is 0.276 e. The van der Waals surface area contributed by atoms with Crippen LogP contribution in [0.4, 0.5) is 5.13 Å². The first-order valence-electron chi connectivity index (χ1n) is 10.2. The second-order valence-electron chi connectivity index (χ2n) is 8.24. The summed E-state index contributed by atoms with van der Waals surface area (Å²) in [6.07, 6.45) is 5.14. The van der Waals surface area contributed by atoms with E-state index in [0.717, 1.165) is 30.8 Å². The molecule has 3 aliphatic heterocycles. The van der Waals surface area contributed by atoms with Crippen molar-refractivity contribution in [3.05, 3.63) is 34.5 Å². The van der Waals surface area contributed by atoms with Crippen molar-refractivity contribution in [2.75, 3.05) is 45.3 Å². The summed E-state index contributed by atoms with van der Waals surface area (Å²) < 4.78 is 0.670. The number of anilines is 1. The number of hydrogen-bond acceptors (Lipinski definition) is 10. The lowest BCUT2D eigenvalue weighted by Crippen LogP contribution is -2.72. The molecular formula is C20H24N6O5S2. The molecular weight excluding hydrogens is 468 g/mol. The SMILES string of the molecule is CO/N=C(\C(=O)N[C@@H]1C(=O)N2C(C(=O)[O-])=C(C[N+]3(C)CC=CCC3)CS[C@H]12)c1csc(N)n1. The molecule has 4 rings (SSSR count). The zero-order chi connectivity index (χ0) is 23.8. The number of β-lactam (4-membered cyclic amide) rings is 1. The third-order valence-electron chi connectivity index (χ3n) is 5.81. The maximum atomic E-state index is 12.9. The first kappa shape index (κ1) is 23.3. The Morgan fingerprint density at radius 2 is 2.24 bits per heavy atom. The first-order chi connectivity index (χ1) is 15.7. The van der Waals surface area contributed by atoms with Gasteiger partial charge < -0.3 is 30.3 Å². The molecule has 1 aromatic rings. The number of rotatable bonds is 7. The van der Waals surface area contributed by atoms with E-state index in [1.807, 2.05) is 0 Å². The highest BCUT2D eigenvalue weighted by Crippen LogP contribution is 2.40. The lowest BCUT2D eigenvalue weighted by Gasteiger charge is -2.51. The Balaban J connectivity index is 1.52. The number of nitrogens with zero attached hydrogens (tertiary/aromatic N) is 4. The molecule has 3 atom stereocenters. The van der Waals surface area contributed by atoms with Crippen molar-refractivity contribution >= 4 is 51.7 Å². The van der Waals surface area contributed by atoms with E-state index in [1.54, 1.807) is 5.38 Å². The van der Waals surface area contributed by atoms with Gasteiger partial charge in [0.25, 0.3) is 11.8 Å². The van der Waals surface area contributed by atoms with Crippen LogP contribution in [0.2, 0.25) is 0 Å². The van der Waals surface area contributed by atoms with Crippen molar-refractivity contribution in [2.45, 2.75) is 17.8 Å². The minimum Gasteiger partial charge on any atom is -0.543 e. The van der Waals surface area contributed by atoms with E-state index >= 15 is 0 Å². The lowest BCUT2D eigenvalue weighted by atomic mass is 10.0. The van der Waals surface area contributed by atoms with Gasteiger partial charge >= 0.3 is 0 Å². The molecule has 1 unspecified atom stereocenters. The maximum absolute atomic E-state index is 12.9. The summed E-state index contributed by atoms with van der Waals surface area (Å²) in [6.45, 7) is 2.21. The van der Waals surface area contributed by atoms with Gasteiger partial charge in [0.05, 0.1) is 31.8 Å². The average Bonchev–Trinajstić information content (AvgIpc) is 3.21. The van der Waals surface area contributed by atoms with Crippen molar-refractivity contribution in [1.29, 1.82) is 0 Å². The highest BCUT2D eigenvalue weighted by molar-refractivity contribution is 8.00. The molecule has 0 aromatic carbocycles. The molecule has 0 aliphatic carbocycles. The Hall–Kier alpha value is -2.90. The van der Waals surface area contributed by atoms with Crippen molar-refractivity contribution in [3.63, 3.8) is 0 Å². The zero-order valence-electron chi connectivity index (χ0n) is 18.1. The third-order valence-corrected chi connectivity index (χ3v) is 7.82. The van der Waals surface area contributed by atoms with Gasteiger partial charge in [-0.3, -0.25) is 14.5 Å². The number of amides is 2. The van der Waals surface area contributed by atoms with E-state index < -0.39 is 29.2 Å². The molecule has 0 radical (unpaired) electrons. The number of nitrogens with one attached hydrogen (secondary N) is 1. The van der Waals surface area contributed by atoms with Gasteiger partial charge in [-0.15, -0.1) is 23.1 Å². The summed E-state index contributed by atoms with van der Waals surface area (Å²) in [5, 5.41) is 19.6. The number of thiazole rings is 1. The largest absolute Gasteiger partial charge is 0.543 e. The molecule has 4 heterocycles. The van der Waals surface area contributed by atoms with Crippen LogP contribution in [-0.4, -0.2) is 88.8 Å². The Bertz CT molecular complexity index is 1080. The fourth-order valence-electron chi connectivity index (χ4n) is 4.22. The molecule has 13 heteroatoms. The summed E-state index contributed by atoms with van der Waals surface area (Å²) >= 11 is 2.55. The standard InChI is InChI=1S/C20H24N6O5S2/c1-26(6-4-3-5-7-26)8-11-9-32-18-14(17(28)25(18)15(11)19(29)30)23-16(27)13(24-31-2)12-10-33-20(21)22-12/h3-4,10,14,18H,5-9H2,1-2H3,(H3-,21,22,23,27,29,30)/b24-13-/t14-,18-,26?/m1/s1. The second kappa shape index (κ2) is 9.15. The summed E-state index contributed by atoms with van der Waals surface area (Å²) in [5.41, 5.74) is 6.33. The molecule has 33 heavy (non-hydrogen) atoms. The third kappa shape index (κ3) is 4.48. The fraction of sp³-hybridized carbons (Fsp3) is 0.450. The van der Waals surface area contributed by atoms with Gasteiger partial charge in [0.15, 0.2) is 10.8 Å². The molecule has 3 N–H and O–H groups in total. The first-order valence-corrected chi connectivity index (χ1v) is 12.2. The number of carbonyl (C=O) groups is 3. The van der Waals surface area contributed by atoms with E-state index in [9.17, 15) is 19.5 Å². The van der Waals surface area contributed by atoms with Crippen molar-refractivity contribution in [3.8, 4) is 0 Å². The molecule has 3 aliphatic rings. The van der Waals surface area contributed by atoms with Crippen molar-refractivity contribution < 1.29 is 28.8 Å². The van der Waals surface area contributed by atoms with Crippen LogP contribution in [0.3, 0.4) is 0 Å². The number of oxime groups is 1. The van der Waals surface area contributed by atoms with Crippen LogP contribution < -0.4 is 16.2 Å². The topological polar surface area (TPSA) is 150 Å². The van der Waals surface area contributed by atoms with Crippen molar-refractivity contribution in [1.82, 2.24) is 15.2 Å². The van der Waals surface area contributed by atoms with Crippen LogP contribution in [0, 0.1) is 0 Å². The molecule has 0 saturated carbocycles. The molecule has 176 valence electrons. The summed E-state index contributed by atoms with van der Waals surface area (Å²) in [5.74, 6) is -2.12. The molecule has 1 fully saturated rings. The highest BCUT2D eigenvalue weighted by atomic mass is 32.2. The number of carboxylic acids is 1. The number of quaternary nitrogens is 1. The van der Waals surface area contributed by atoms with E-state index in [-0.39, 0.29) is 22.2 Å². The van der Waals surface area contributed by atoms with Gasteiger partial charge in [-0.2, -0.15) is 0 Å². The maximum Gasteiger partial charge on any atom is 0.276 e. The lowest BCUT2D eigenvalue weighted by molar-refractivity contribution is -0.900. The number of aliphatic carboxylic acids is 1. The molecule has 0 spiro atoms. The summed E-state index contributed by atoms with van der Waals surface area (Å²) in [6, 6.07) is -0.904. The molecule has 2 amide bonds. The molecule has 1 saturated heterocycles. The van der Waals surface area contributed by atoms with Crippen molar-refractivity contribution in [2.24, 2.45) is 5.16 Å². The Labute approximate surface area is 198 Å². The van der Waals surface area contributed by atoms with E-state index in [1.165, 1.54) is 23.8 Å². The highest BCUT2D eigenvalue weighted by Gasteiger charge is 2.53.